The van der Waals surface area contributed by atoms with E-state index in [2.05, 4.69) is 37.9 Å². The van der Waals surface area contributed by atoms with Crippen LogP contribution >= 0.6 is 0 Å². The zero-order chi connectivity index (χ0) is 14.6. The van der Waals surface area contributed by atoms with E-state index in [1.54, 1.807) is 0 Å². The highest BCUT2D eigenvalue weighted by atomic mass is 15.1. The van der Waals surface area contributed by atoms with Crippen LogP contribution < -0.4 is 5.32 Å². The molecule has 1 aliphatic carbocycles. The monoisotopic (exact) mass is 280 g/mol. The smallest absolute Gasteiger partial charge is 0.00502 e. The third-order valence-electron chi connectivity index (χ3n) is 5.51. The Bertz CT molecular complexity index is 281. The third kappa shape index (κ3) is 4.73. The molecule has 2 rings (SSSR count). The number of nitrogens with zero attached hydrogens (tertiary/aromatic N) is 1. The van der Waals surface area contributed by atoms with Gasteiger partial charge in [0.1, 0.15) is 0 Å². The summed E-state index contributed by atoms with van der Waals surface area (Å²) >= 11 is 0. The van der Waals surface area contributed by atoms with Gasteiger partial charge in [0.2, 0.25) is 0 Å². The molecule has 0 spiro atoms. The fourth-order valence-electron chi connectivity index (χ4n) is 4.24. The lowest BCUT2D eigenvalue weighted by molar-refractivity contribution is 0.0613. The van der Waals surface area contributed by atoms with E-state index in [0.717, 1.165) is 11.8 Å². The molecule has 1 aliphatic heterocycles. The minimum Gasteiger partial charge on any atom is -0.314 e. The van der Waals surface area contributed by atoms with Gasteiger partial charge in [-0.25, -0.2) is 0 Å². The van der Waals surface area contributed by atoms with E-state index in [9.17, 15) is 0 Å². The van der Waals surface area contributed by atoms with Crippen molar-refractivity contribution in [1.82, 2.24) is 10.2 Å². The van der Waals surface area contributed by atoms with Gasteiger partial charge in [-0.2, -0.15) is 0 Å². The largest absolute Gasteiger partial charge is 0.314 e. The van der Waals surface area contributed by atoms with Crippen molar-refractivity contribution in [3.05, 3.63) is 0 Å². The normalized spacial score (nSPS) is 33.8. The van der Waals surface area contributed by atoms with Crippen molar-refractivity contribution in [2.75, 3.05) is 26.2 Å². The first-order valence-electron chi connectivity index (χ1n) is 8.95. The Kier molecular flexibility index (Phi) is 5.92. The average Bonchev–Trinajstić information content (AvgIpc) is 2.39. The lowest BCUT2D eigenvalue weighted by Crippen LogP contribution is -2.49. The van der Waals surface area contributed by atoms with Gasteiger partial charge in [0.25, 0.3) is 0 Å². The molecule has 1 saturated carbocycles. The van der Waals surface area contributed by atoms with Crippen LogP contribution in [0.1, 0.15) is 66.2 Å². The number of nitrogens with one attached hydrogen (secondary N) is 1. The van der Waals surface area contributed by atoms with Crippen molar-refractivity contribution in [3.63, 3.8) is 0 Å². The van der Waals surface area contributed by atoms with E-state index in [-0.39, 0.29) is 0 Å². The van der Waals surface area contributed by atoms with Crippen molar-refractivity contribution in [2.45, 2.75) is 72.3 Å². The Hall–Kier alpha value is -0.0800. The first-order chi connectivity index (χ1) is 9.49. The summed E-state index contributed by atoms with van der Waals surface area (Å²) in [5.74, 6) is 1.86. The Morgan fingerprint density at radius 2 is 1.80 bits per heavy atom. The molecular formula is C18H36N2. The minimum atomic E-state index is 0.544. The molecule has 1 N–H and O–H groups in total. The summed E-state index contributed by atoms with van der Waals surface area (Å²) in [7, 11) is 0. The Balaban J connectivity index is 1.94. The zero-order valence-corrected chi connectivity index (χ0v) is 14.3. The van der Waals surface area contributed by atoms with Gasteiger partial charge in [-0.3, -0.25) is 0 Å². The topological polar surface area (TPSA) is 15.3 Å². The summed E-state index contributed by atoms with van der Waals surface area (Å²) in [6.45, 7) is 14.7. The van der Waals surface area contributed by atoms with Crippen molar-refractivity contribution in [1.29, 1.82) is 0 Å². The van der Waals surface area contributed by atoms with Crippen LogP contribution in [0.3, 0.4) is 0 Å². The molecule has 0 aromatic carbocycles. The molecule has 0 amide bonds. The zero-order valence-electron chi connectivity index (χ0n) is 14.3. The van der Waals surface area contributed by atoms with Crippen LogP contribution in [-0.4, -0.2) is 37.1 Å². The molecule has 0 radical (unpaired) electrons. The Morgan fingerprint density at radius 1 is 1.10 bits per heavy atom. The first kappa shape index (κ1) is 16.3. The van der Waals surface area contributed by atoms with Gasteiger partial charge in [0.05, 0.1) is 0 Å². The van der Waals surface area contributed by atoms with Crippen molar-refractivity contribution >= 4 is 0 Å². The van der Waals surface area contributed by atoms with E-state index in [0.29, 0.717) is 11.5 Å². The van der Waals surface area contributed by atoms with Gasteiger partial charge in [0.15, 0.2) is 0 Å². The molecule has 0 bridgehead atoms. The molecule has 1 heterocycles. The van der Waals surface area contributed by atoms with Crippen molar-refractivity contribution in [2.24, 2.45) is 17.3 Å². The lowest BCUT2D eigenvalue weighted by Gasteiger charge is -2.45. The van der Waals surface area contributed by atoms with Crippen LogP contribution in [0.25, 0.3) is 0 Å². The van der Waals surface area contributed by atoms with Crippen molar-refractivity contribution < 1.29 is 0 Å². The second kappa shape index (κ2) is 7.26. The van der Waals surface area contributed by atoms with Crippen molar-refractivity contribution in [3.8, 4) is 0 Å². The number of likely N-dealkylation sites (tertiary alicyclic amines) is 1. The summed E-state index contributed by atoms with van der Waals surface area (Å²) in [6, 6.07) is 0.616. The quantitative estimate of drug-likeness (QED) is 0.821. The summed E-state index contributed by atoms with van der Waals surface area (Å²) in [4.78, 5) is 2.76. The van der Waals surface area contributed by atoms with Gasteiger partial charge >= 0.3 is 0 Å². The van der Waals surface area contributed by atoms with E-state index >= 15 is 0 Å². The van der Waals surface area contributed by atoms with Gasteiger partial charge in [-0.1, -0.05) is 40.5 Å². The second-order valence-corrected chi connectivity index (χ2v) is 8.20. The van der Waals surface area contributed by atoms with E-state index in [4.69, 9.17) is 0 Å². The molecule has 20 heavy (non-hydrogen) atoms. The van der Waals surface area contributed by atoms with Crippen LogP contribution in [0, 0.1) is 17.3 Å². The Morgan fingerprint density at radius 3 is 2.40 bits per heavy atom. The molecule has 2 aliphatic rings. The van der Waals surface area contributed by atoms with Crippen LogP contribution in [0.15, 0.2) is 0 Å². The minimum absolute atomic E-state index is 0.544. The summed E-state index contributed by atoms with van der Waals surface area (Å²) in [5.41, 5.74) is 0.544. The van der Waals surface area contributed by atoms with Gasteiger partial charge in [-0.05, 0) is 56.0 Å². The number of piperidine rings is 1. The highest BCUT2D eigenvalue weighted by molar-refractivity contribution is 4.91. The van der Waals surface area contributed by atoms with Gasteiger partial charge in [-0.15, -0.1) is 0 Å². The first-order valence-corrected chi connectivity index (χ1v) is 8.95. The number of hydrogen-bond acceptors (Lipinski definition) is 2. The Labute approximate surface area is 126 Å². The fraction of sp³-hybridized carbons (Fsp3) is 1.00. The van der Waals surface area contributed by atoms with E-state index in [1.165, 1.54) is 64.7 Å². The maximum absolute atomic E-state index is 3.75. The van der Waals surface area contributed by atoms with Crippen LogP contribution in [0.2, 0.25) is 0 Å². The third-order valence-corrected chi connectivity index (χ3v) is 5.51. The molecule has 2 nitrogen and oxygen atoms in total. The molecule has 2 unspecified atom stereocenters. The number of rotatable bonds is 5. The lowest BCUT2D eigenvalue weighted by atomic mass is 9.69. The fourth-order valence-corrected chi connectivity index (χ4v) is 4.24. The second-order valence-electron chi connectivity index (χ2n) is 8.20. The van der Waals surface area contributed by atoms with Crippen LogP contribution in [-0.2, 0) is 0 Å². The molecule has 118 valence electrons. The predicted molar refractivity (Wildman–Crippen MR) is 88.0 cm³/mol. The predicted octanol–water partition coefficient (Wildman–Crippen LogP) is 3.91. The maximum Gasteiger partial charge on any atom is 0.00502 e. The number of hydrogen-bond donors (Lipinski definition) is 1. The van der Waals surface area contributed by atoms with E-state index in [1.807, 2.05) is 0 Å². The molecule has 0 aromatic rings. The summed E-state index contributed by atoms with van der Waals surface area (Å²) in [5, 5.41) is 3.75. The van der Waals surface area contributed by atoms with E-state index < -0.39 is 0 Å². The van der Waals surface area contributed by atoms with Gasteiger partial charge in [0, 0.05) is 19.1 Å². The molecule has 2 fully saturated rings. The SMILES string of the molecule is CC1CCN(CC2(CNC(C)C)CCCC(C)C2)CC1. The molecule has 2 atom stereocenters. The average molecular weight is 280 g/mol. The standard InChI is InChI=1S/C18H36N2/c1-15(2)19-13-18(9-5-6-17(4)12-18)14-20-10-7-16(3)8-11-20/h15-17,19H,5-14H2,1-4H3. The highest BCUT2D eigenvalue weighted by Crippen LogP contribution is 2.40. The summed E-state index contributed by atoms with van der Waals surface area (Å²) < 4.78 is 0. The molecule has 2 heteroatoms. The highest BCUT2D eigenvalue weighted by Gasteiger charge is 2.36. The molecule has 1 saturated heterocycles. The van der Waals surface area contributed by atoms with Gasteiger partial charge < -0.3 is 10.2 Å². The molecule has 0 aromatic heterocycles. The van der Waals surface area contributed by atoms with Crippen LogP contribution in [0.5, 0.6) is 0 Å². The molecular weight excluding hydrogens is 244 g/mol. The summed E-state index contributed by atoms with van der Waals surface area (Å²) in [6.07, 6.45) is 8.56. The van der Waals surface area contributed by atoms with Crippen LogP contribution in [0.4, 0.5) is 0 Å². The maximum atomic E-state index is 3.75.